The second kappa shape index (κ2) is 9.73. The molecule has 0 aliphatic carbocycles. The van der Waals surface area contributed by atoms with Gasteiger partial charge in [-0.1, -0.05) is 29.4 Å². The number of hydrazone groups is 1. The van der Waals surface area contributed by atoms with E-state index in [1.807, 2.05) is 0 Å². The molecule has 2 aromatic carbocycles. The summed E-state index contributed by atoms with van der Waals surface area (Å²) in [5, 5.41) is 9.58. The van der Waals surface area contributed by atoms with E-state index in [1.54, 1.807) is 29.2 Å². The summed E-state index contributed by atoms with van der Waals surface area (Å²) in [5.41, 5.74) is 1.56. The predicted molar refractivity (Wildman–Crippen MR) is 122 cm³/mol. The number of amides is 2. The molecule has 0 unspecified atom stereocenters. The van der Waals surface area contributed by atoms with Gasteiger partial charge in [0.15, 0.2) is 0 Å². The summed E-state index contributed by atoms with van der Waals surface area (Å²) in [6.45, 7) is 1.11. The first kappa shape index (κ1) is 22.8. The maximum atomic E-state index is 13.5. The third-order valence-corrected chi connectivity index (χ3v) is 6.18. The Kier molecular flexibility index (Phi) is 6.35. The van der Waals surface area contributed by atoms with Crippen molar-refractivity contribution < 1.29 is 22.9 Å². The maximum absolute atomic E-state index is 13.5. The summed E-state index contributed by atoms with van der Waals surface area (Å²) in [6.07, 6.45) is 1.97. The van der Waals surface area contributed by atoms with Gasteiger partial charge in [0, 0.05) is 31.5 Å². The molecule has 3 heterocycles. The number of aromatic nitrogens is 2. The van der Waals surface area contributed by atoms with Crippen LogP contribution in [0.25, 0.3) is 11.4 Å². The minimum absolute atomic E-state index is 0.149. The van der Waals surface area contributed by atoms with Gasteiger partial charge in [0.1, 0.15) is 17.3 Å². The number of likely N-dealkylation sites (tertiary alicyclic amines) is 1. The van der Waals surface area contributed by atoms with Crippen molar-refractivity contribution in [1.82, 2.24) is 20.0 Å². The van der Waals surface area contributed by atoms with Crippen LogP contribution in [0.2, 0.25) is 0 Å². The minimum atomic E-state index is -0.386. The van der Waals surface area contributed by atoms with Crippen LogP contribution in [0.3, 0.4) is 0 Å². The Balaban J connectivity index is 1.28. The van der Waals surface area contributed by atoms with Crippen LogP contribution in [-0.4, -0.2) is 50.7 Å². The summed E-state index contributed by atoms with van der Waals surface area (Å²) < 4.78 is 32.2. The van der Waals surface area contributed by atoms with Gasteiger partial charge in [-0.3, -0.25) is 9.59 Å². The van der Waals surface area contributed by atoms with Crippen LogP contribution in [0.5, 0.6) is 0 Å². The molecule has 2 aliphatic heterocycles. The average molecular weight is 479 g/mol. The van der Waals surface area contributed by atoms with E-state index in [2.05, 4.69) is 15.2 Å². The average Bonchev–Trinajstić information content (AvgIpc) is 3.37. The van der Waals surface area contributed by atoms with E-state index in [-0.39, 0.29) is 48.8 Å². The van der Waals surface area contributed by atoms with Gasteiger partial charge in [0.05, 0.1) is 12.5 Å². The lowest BCUT2D eigenvalue weighted by molar-refractivity contribution is -0.132. The fourth-order valence-electron chi connectivity index (χ4n) is 4.33. The monoisotopic (exact) mass is 479 g/mol. The van der Waals surface area contributed by atoms with E-state index in [0.717, 1.165) is 18.4 Å². The van der Waals surface area contributed by atoms with Gasteiger partial charge in [0.25, 0.3) is 5.91 Å². The molecule has 35 heavy (non-hydrogen) atoms. The van der Waals surface area contributed by atoms with Gasteiger partial charge in [-0.25, -0.2) is 13.8 Å². The number of hydrogen-bond donors (Lipinski definition) is 0. The van der Waals surface area contributed by atoms with Crippen LogP contribution in [0.1, 0.15) is 43.1 Å². The summed E-state index contributed by atoms with van der Waals surface area (Å²) in [7, 11) is 0. The second-order valence-corrected chi connectivity index (χ2v) is 8.68. The lowest BCUT2D eigenvalue weighted by Crippen LogP contribution is -2.45. The zero-order valence-corrected chi connectivity index (χ0v) is 18.9. The van der Waals surface area contributed by atoms with Crippen LogP contribution >= 0.6 is 0 Å². The van der Waals surface area contributed by atoms with Crippen molar-refractivity contribution in [3.05, 3.63) is 71.6 Å². The quantitative estimate of drug-likeness (QED) is 0.554. The number of rotatable bonds is 5. The zero-order valence-electron chi connectivity index (χ0n) is 18.9. The Morgan fingerprint density at radius 3 is 2.71 bits per heavy atom. The maximum Gasteiger partial charge on any atom is 0.270 e. The molecule has 180 valence electrons. The number of carbonyl (C=O) groups excluding carboxylic acids is 2. The predicted octanol–water partition coefficient (Wildman–Crippen LogP) is 3.90. The number of halogens is 2. The van der Waals surface area contributed by atoms with E-state index in [4.69, 9.17) is 4.52 Å². The van der Waals surface area contributed by atoms with Crippen molar-refractivity contribution in [2.75, 3.05) is 13.1 Å². The smallest absolute Gasteiger partial charge is 0.270 e. The topological polar surface area (TPSA) is 91.9 Å². The summed E-state index contributed by atoms with van der Waals surface area (Å²) in [5.74, 6) is -0.599. The summed E-state index contributed by atoms with van der Waals surface area (Å²) >= 11 is 0. The van der Waals surface area contributed by atoms with Crippen LogP contribution in [0.4, 0.5) is 8.78 Å². The van der Waals surface area contributed by atoms with Crippen LogP contribution in [-0.2, 0) is 16.1 Å². The molecule has 0 N–H and O–H groups in total. The van der Waals surface area contributed by atoms with Crippen molar-refractivity contribution in [2.24, 2.45) is 5.10 Å². The molecule has 1 aromatic heterocycles. The van der Waals surface area contributed by atoms with Crippen LogP contribution in [0.15, 0.2) is 58.2 Å². The van der Waals surface area contributed by atoms with E-state index in [1.165, 1.54) is 29.3 Å². The third kappa shape index (κ3) is 5.11. The van der Waals surface area contributed by atoms with E-state index >= 15 is 0 Å². The Labute approximate surface area is 200 Å². The Hall–Kier alpha value is -3.95. The summed E-state index contributed by atoms with van der Waals surface area (Å²) in [6, 6.07) is 11.8. The highest BCUT2D eigenvalue weighted by Gasteiger charge is 2.33. The molecule has 0 saturated carbocycles. The van der Waals surface area contributed by atoms with Gasteiger partial charge >= 0.3 is 0 Å². The lowest BCUT2D eigenvalue weighted by atomic mass is 9.97. The van der Waals surface area contributed by atoms with Gasteiger partial charge < -0.3 is 9.42 Å². The first-order valence-corrected chi connectivity index (χ1v) is 11.5. The molecule has 2 amide bonds. The van der Waals surface area contributed by atoms with Crippen LogP contribution in [0, 0.1) is 11.6 Å². The molecule has 0 radical (unpaired) electrons. The number of benzene rings is 2. The molecule has 1 saturated heterocycles. The number of piperidine rings is 1. The van der Waals surface area contributed by atoms with Gasteiger partial charge in [0.2, 0.25) is 17.6 Å². The lowest BCUT2D eigenvalue weighted by Gasteiger charge is -2.32. The molecule has 0 bridgehead atoms. The standard InChI is InChI=1S/C25H23F2N5O3/c26-19-8-6-16(7-9-19)14-32-22(33)11-10-21(29-32)25(34)31-12-2-4-18(15-31)24-28-23(30-35-24)17-3-1-5-20(27)13-17/h1,3,5-9,13,18H,2,4,10-12,14-15H2/t18-/m1/s1. The van der Waals surface area contributed by atoms with E-state index < -0.39 is 0 Å². The minimum Gasteiger partial charge on any atom is -0.339 e. The number of nitrogens with zero attached hydrogens (tertiary/aromatic N) is 5. The number of hydrogen-bond acceptors (Lipinski definition) is 6. The van der Waals surface area contributed by atoms with E-state index in [9.17, 15) is 18.4 Å². The SMILES string of the molecule is O=C(C1=NN(Cc2ccc(F)cc2)C(=O)CC1)N1CCC[C@@H](c2nc(-c3cccc(F)c3)no2)C1. The molecule has 1 atom stereocenters. The van der Waals surface area contributed by atoms with Crippen LogP contribution < -0.4 is 0 Å². The van der Waals surface area contributed by atoms with Gasteiger partial charge in [-0.15, -0.1) is 0 Å². The Bertz CT molecular complexity index is 1270. The first-order valence-electron chi connectivity index (χ1n) is 11.5. The third-order valence-electron chi connectivity index (χ3n) is 6.18. The summed E-state index contributed by atoms with van der Waals surface area (Å²) in [4.78, 5) is 31.7. The number of carbonyl (C=O) groups is 2. The van der Waals surface area contributed by atoms with Crippen molar-refractivity contribution in [1.29, 1.82) is 0 Å². The second-order valence-electron chi connectivity index (χ2n) is 8.68. The largest absolute Gasteiger partial charge is 0.339 e. The molecule has 10 heteroatoms. The molecule has 5 rings (SSSR count). The van der Waals surface area contributed by atoms with Crippen molar-refractivity contribution >= 4 is 17.5 Å². The van der Waals surface area contributed by atoms with E-state index in [0.29, 0.717) is 36.1 Å². The van der Waals surface area contributed by atoms with Crippen molar-refractivity contribution in [3.8, 4) is 11.4 Å². The molecule has 8 nitrogen and oxygen atoms in total. The highest BCUT2D eigenvalue weighted by atomic mass is 19.1. The van der Waals surface area contributed by atoms with Crippen molar-refractivity contribution in [2.45, 2.75) is 38.1 Å². The molecular formula is C25H23F2N5O3. The Morgan fingerprint density at radius 1 is 1.09 bits per heavy atom. The fourth-order valence-corrected chi connectivity index (χ4v) is 4.33. The highest BCUT2D eigenvalue weighted by molar-refractivity contribution is 6.39. The zero-order chi connectivity index (χ0) is 24.4. The van der Waals surface area contributed by atoms with Crippen molar-refractivity contribution in [3.63, 3.8) is 0 Å². The molecule has 3 aromatic rings. The van der Waals surface area contributed by atoms with Gasteiger partial charge in [-0.2, -0.15) is 10.1 Å². The Morgan fingerprint density at radius 2 is 1.91 bits per heavy atom. The van der Waals surface area contributed by atoms with Gasteiger partial charge in [-0.05, 0) is 42.7 Å². The molecule has 1 fully saturated rings. The normalized spacial score (nSPS) is 18.5. The first-order chi connectivity index (χ1) is 17.0. The highest BCUT2D eigenvalue weighted by Crippen LogP contribution is 2.28. The molecular weight excluding hydrogens is 456 g/mol. The fraction of sp³-hybridized carbons (Fsp3) is 0.320. The molecule has 2 aliphatic rings. The molecule has 0 spiro atoms.